The molecule has 1 aromatic heterocycles. The van der Waals surface area contributed by atoms with E-state index in [-0.39, 0.29) is 12.0 Å². The lowest BCUT2D eigenvalue weighted by atomic mass is 9.96. The summed E-state index contributed by atoms with van der Waals surface area (Å²) >= 11 is 0. The van der Waals surface area contributed by atoms with Gasteiger partial charge in [0, 0.05) is 6.20 Å². The van der Waals surface area contributed by atoms with Crippen molar-refractivity contribution in [1.29, 1.82) is 0 Å². The first kappa shape index (κ1) is 14.7. The van der Waals surface area contributed by atoms with Crippen LogP contribution in [0.15, 0.2) is 18.3 Å². The van der Waals surface area contributed by atoms with Crippen LogP contribution in [0.5, 0.6) is 0 Å². The molecule has 0 unspecified atom stereocenters. The molecular formula is C10H9F6NO. The molecule has 1 rings (SSSR count). The van der Waals surface area contributed by atoms with Gasteiger partial charge in [0.1, 0.15) is 0 Å². The molecule has 0 radical (unpaired) electrons. The molecule has 1 N–H and O–H groups in total. The minimum atomic E-state index is -5.90. The normalized spacial score (nSPS) is 13.8. The van der Waals surface area contributed by atoms with Crippen LogP contribution in [0.3, 0.4) is 0 Å². The Hall–Kier alpha value is -1.31. The lowest BCUT2D eigenvalue weighted by molar-refractivity contribution is -0.377. The van der Waals surface area contributed by atoms with Gasteiger partial charge in [-0.3, -0.25) is 4.98 Å². The summed E-state index contributed by atoms with van der Waals surface area (Å²) in [4.78, 5) is 3.00. The van der Waals surface area contributed by atoms with Crippen molar-refractivity contribution in [3.8, 4) is 0 Å². The van der Waals surface area contributed by atoms with Gasteiger partial charge in [-0.15, -0.1) is 0 Å². The van der Waals surface area contributed by atoms with Gasteiger partial charge in [0.2, 0.25) is 0 Å². The average Bonchev–Trinajstić information content (AvgIpc) is 2.25. The summed E-state index contributed by atoms with van der Waals surface area (Å²) in [6.45, 7) is 1.55. The molecule has 0 fully saturated rings. The Bertz CT molecular complexity index is 411. The Morgan fingerprint density at radius 2 is 1.61 bits per heavy atom. The summed E-state index contributed by atoms with van der Waals surface area (Å²) in [6.07, 6.45) is -10.8. The second kappa shape index (κ2) is 4.42. The van der Waals surface area contributed by atoms with Crippen molar-refractivity contribution in [2.24, 2.45) is 0 Å². The molecule has 0 saturated carbocycles. The molecule has 8 heteroatoms. The summed E-state index contributed by atoms with van der Waals surface area (Å²) < 4.78 is 75.1. The zero-order chi connectivity index (χ0) is 14.2. The molecule has 0 aliphatic rings. The minimum Gasteiger partial charge on any atom is -0.368 e. The van der Waals surface area contributed by atoms with E-state index in [1.807, 2.05) is 0 Å². The number of aliphatic hydroxyl groups is 1. The van der Waals surface area contributed by atoms with Crippen LogP contribution in [0.2, 0.25) is 0 Å². The smallest absolute Gasteiger partial charge is 0.368 e. The third kappa shape index (κ3) is 2.29. The van der Waals surface area contributed by atoms with E-state index in [4.69, 9.17) is 5.11 Å². The van der Waals surface area contributed by atoms with Gasteiger partial charge in [-0.25, -0.2) is 0 Å². The Labute approximate surface area is 98.3 Å². The van der Waals surface area contributed by atoms with Gasteiger partial charge in [-0.05, 0) is 24.1 Å². The maximum Gasteiger partial charge on any atom is 0.432 e. The van der Waals surface area contributed by atoms with Crippen LogP contribution in [0.25, 0.3) is 0 Å². The number of hydrogen-bond donors (Lipinski definition) is 1. The van der Waals surface area contributed by atoms with Crippen LogP contribution < -0.4 is 0 Å². The van der Waals surface area contributed by atoms with Crippen LogP contribution in [0.4, 0.5) is 26.3 Å². The second-order valence-electron chi connectivity index (χ2n) is 3.61. The number of halogens is 6. The molecule has 0 spiro atoms. The average molecular weight is 273 g/mol. The highest BCUT2D eigenvalue weighted by Gasteiger charge is 2.72. The summed E-state index contributed by atoms with van der Waals surface area (Å²) in [7, 11) is 0. The zero-order valence-electron chi connectivity index (χ0n) is 9.10. The number of alkyl halides is 6. The van der Waals surface area contributed by atoms with Crippen LogP contribution >= 0.6 is 0 Å². The lowest BCUT2D eigenvalue weighted by Gasteiger charge is -2.31. The van der Waals surface area contributed by atoms with E-state index >= 15 is 0 Å². The molecule has 2 nitrogen and oxygen atoms in total. The maximum atomic E-state index is 12.5. The van der Waals surface area contributed by atoms with E-state index in [0.717, 1.165) is 6.20 Å². The van der Waals surface area contributed by atoms with Gasteiger partial charge in [-0.1, -0.05) is 6.92 Å². The van der Waals surface area contributed by atoms with E-state index in [1.54, 1.807) is 6.92 Å². The van der Waals surface area contributed by atoms with Crippen molar-refractivity contribution < 1.29 is 31.4 Å². The summed E-state index contributed by atoms with van der Waals surface area (Å²) in [5.41, 5.74) is -6.21. The van der Waals surface area contributed by atoms with Gasteiger partial charge in [0.05, 0.1) is 5.69 Å². The molecule has 1 heterocycles. The number of aryl methyl sites for hydroxylation is 1. The Morgan fingerprint density at radius 1 is 1.11 bits per heavy atom. The predicted molar refractivity (Wildman–Crippen MR) is 49.6 cm³/mol. The summed E-state index contributed by atoms with van der Waals surface area (Å²) in [5.74, 6) is 0. The third-order valence-electron chi connectivity index (χ3n) is 2.42. The first-order valence-corrected chi connectivity index (χ1v) is 4.85. The van der Waals surface area contributed by atoms with Gasteiger partial charge in [0.15, 0.2) is 0 Å². The van der Waals surface area contributed by atoms with E-state index in [1.165, 1.54) is 6.07 Å². The van der Waals surface area contributed by atoms with Crippen molar-refractivity contribution in [3.05, 3.63) is 29.6 Å². The minimum absolute atomic E-state index is 0.215. The molecular weight excluding hydrogens is 264 g/mol. The maximum absolute atomic E-state index is 12.5. The van der Waals surface area contributed by atoms with Gasteiger partial charge < -0.3 is 5.11 Å². The fraction of sp³-hybridized carbons (Fsp3) is 0.500. The Balaban J connectivity index is 3.45. The topological polar surface area (TPSA) is 33.1 Å². The van der Waals surface area contributed by atoms with E-state index < -0.39 is 23.6 Å². The van der Waals surface area contributed by atoms with Crippen LogP contribution in [0.1, 0.15) is 18.2 Å². The van der Waals surface area contributed by atoms with Crippen molar-refractivity contribution in [2.75, 3.05) is 0 Å². The molecule has 18 heavy (non-hydrogen) atoms. The fourth-order valence-corrected chi connectivity index (χ4v) is 1.34. The number of nitrogens with zero attached hydrogens (tertiary/aromatic N) is 1. The highest BCUT2D eigenvalue weighted by Crippen LogP contribution is 2.49. The summed E-state index contributed by atoms with van der Waals surface area (Å²) in [5, 5.41) is 9.06. The quantitative estimate of drug-likeness (QED) is 0.840. The molecule has 0 amide bonds. The first-order chi connectivity index (χ1) is 8.04. The van der Waals surface area contributed by atoms with Gasteiger partial charge in [-0.2, -0.15) is 26.3 Å². The SMILES string of the molecule is CCc1ccnc(C(O)(C(F)(F)F)C(F)(F)F)c1. The van der Waals surface area contributed by atoms with Crippen LogP contribution in [-0.4, -0.2) is 22.4 Å². The summed E-state index contributed by atoms with van der Waals surface area (Å²) in [6, 6.07) is 1.87. The first-order valence-electron chi connectivity index (χ1n) is 4.85. The monoisotopic (exact) mass is 273 g/mol. The molecule has 0 atom stereocenters. The van der Waals surface area contributed by atoms with Crippen molar-refractivity contribution >= 4 is 0 Å². The van der Waals surface area contributed by atoms with Crippen molar-refractivity contribution in [2.45, 2.75) is 31.3 Å². The number of hydrogen-bond acceptors (Lipinski definition) is 2. The second-order valence-corrected chi connectivity index (χ2v) is 3.61. The van der Waals surface area contributed by atoms with E-state index in [9.17, 15) is 26.3 Å². The molecule has 102 valence electrons. The van der Waals surface area contributed by atoms with E-state index in [0.29, 0.717) is 6.07 Å². The van der Waals surface area contributed by atoms with Gasteiger partial charge >= 0.3 is 12.4 Å². The van der Waals surface area contributed by atoms with Crippen molar-refractivity contribution in [1.82, 2.24) is 4.98 Å². The highest BCUT2D eigenvalue weighted by molar-refractivity contribution is 5.24. The molecule has 1 aromatic rings. The van der Waals surface area contributed by atoms with Gasteiger partial charge in [0.25, 0.3) is 5.60 Å². The Kier molecular flexibility index (Phi) is 3.62. The largest absolute Gasteiger partial charge is 0.432 e. The molecule has 0 aliphatic carbocycles. The number of rotatable bonds is 2. The fourth-order valence-electron chi connectivity index (χ4n) is 1.34. The number of aromatic nitrogens is 1. The van der Waals surface area contributed by atoms with Crippen LogP contribution in [-0.2, 0) is 12.0 Å². The van der Waals surface area contributed by atoms with E-state index in [2.05, 4.69) is 4.98 Å². The molecule has 0 aromatic carbocycles. The Morgan fingerprint density at radius 3 is 2.00 bits per heavy atom. The zero-order valence-corrected chi connectivity index (χ0v) is 9.10. The standard InChI is InChI=1S/C10H9F6NO/c1-2-6-3-4-17-7(5-6)8(18,9(11,12)13)10(14,15)16/h3-5,18H,2H2,1H3. The van der Waals surface area contributed by atoms with Crippen LogP contribution in [0, 0.1) is 0 Å². The highest BCUT2D eigenvalue weighted by atomic mass is 19.4. The van der Waals surface area contributed by atoms with Crippen molar-refractivity contribution in [3.63, 3.8) is 0 Å². The molecule has 0 saturated heterocycles. The third-order valence-corrected chi connectivity index (χ3v) is 2.42. The molecule has 0 aliphatic heterocycles. The number of pyridine rings is 1. The molecule has 0 bridgehead atoms. The lowest BCUT2D eigenvalue weighted by Crippen LogP contribution is -2.54. The predicted octanol–water partition coefficient (Wildman–Crippen LogP) is 2.96.